The fourth-order valence-electron chi connectivity index (χ4n) is 1.73. The third kappa shape index (κ3) is 4.68. The van der Waals surface area contributed by atoms with Gasteiger partial charge in [0.25, 0.3) is 0 Å². The van der Waals surface area contributed by atoms with Gasteiger partial charge in [-0.05, 0) is 24.3 Å². The Kier molecular flexibility index (Phi) is 5.58. The van der Waals surface area contributed by atoms with E-state index in [4.69, 9.17) is 27.9 Å². The number of aromatic nitrogens is 1. The third-order valence-electron chi connectivity index (χ3n) is 2.68. The molecule has 23 heavy (non-hydrogen) atoms. The first-order valence-electron chi connectivity index (χ1n) is 6.55. The molecule has 0 atom stereocenters. The second-order valence-electron chi connectivity index (χ2n) is 4.81. The largest absolute Gasteiger partial charge is 0.433 e. The Bertz CT molecular complexity index is 763. The first-order chi connectivity index (χ1) is 10.9. The first-order valence-corrected chi connectivity index (χ1v) is 7.31. The molecule has 1 heterocycles. The smallest absolute Gasteiger partial charge is 0.231 e. The molecule has 0 spiro atoms. The molecule has 0 aliphatic heterocycles. The number of ketones is 1. The minimum Gasteiger partial charge on any atom is -0.433 e. The highest BCUT2D eigenvalue weighted by molar-refractivity contribution is 6.37. The van der Waals surface area contributed by atoms with E-state index >= 15 is 0 Å². The maximum Gasteiger partial charge on any atom is 0.231 e. The molecule has 0 aliphatic carbocycles. The maximum atomic E-state index is 13.2. The van der Waals surface area contributed by atoms with Gasteiger partial charge in [0.2, 0.25) is 17.6 Å². The number of hydrogen-bond donors (Lipinski definition) is 0. The van der Waals surface area contributed by atoms with Gasteiger partial charge < -0.3 is 9.64 Å². The quantitative estimate of drug-likeness (QED) is 0.349. The summed E-state index contributed by atoms with van der Waals surface area (Å²) in [5.41, 5.74) is 0.223. The molecule has 0 bridgehead atoms. The number of rotatable bonds is 5. The van der Waals surface area contributed by atoms with Crippen LogP contribution < -0.4 is 4.74 Å². The van der Waals surface area contributed by atoms with Gasteiger partial charge in [-0.15, -0.1) is 0 Å². The molecule has 7 heteroatoms. The fraction of sp³-hybridized carbons (Fsp3) is 0.125. The summed E-state index contributed by atoms with van der Waals surface area (Å²) in [6.45, 7) is 0. The summed E-state index contributed by atoms with van der Waals surface area (Å²) in [5.74, 6) is -1.25. The van der Waals surface area contributed by atoms with Crippen molar-refractivity contribution in [2.45, 2.75) is 0 Å². The zero-order chi connectivity index (χ0) is 17.0. The molecule has 2 rings (SSSR count). The lowest BCUT2D eigenvalue weighted by atomic mass is 10.1. The monoisotopic (exact) mass is 354 g/mol. The third-order valence-corrected chi connectivity index (χ3v) is 3.23. The van der Waals surface area contributed by atoms with E-state index in [1.165, 1.54) is 36.5 Å². The van der Waals surface area contributed by atoms with Crippen LogP contribution in [0.5, 0.6) is 5.88 Å². The van der Waals surface area contributed by atoms with Gasteiger partial charge >= 0.3 is 0 Å². The number of Topliss-reactive ketones (excluding diaryl/α,β-unsaturated/α-hetero) is 1. The molecular formula is C16H13Cl2FN2O2. The van der Waals surface area contributed by atoms with Crippen LogP contribution >= 0.6 is 23.2 Å². The molecule has 0 radical (unpaired) electrons. The van der Waals surface area contributed by atoms with Crippen LogP contribution in [0.3, 0.4) is 0 Å². The van der Waals surface area contributed by atoms with Gasteiger partial charge in [-0.25, -0.2) is 0 Å². The SMILES string of the molecule is CN(C)/C=C(/Oc1cccc(F)n1)C(=O)c1ccc(Cl)cc1Cl. The van der Waals surface area contributed by atoms with Crippen molar-refractivity contribution in [2.75, 3.05) is 14.1 Å². The van der Waals surface area contributed by atoms with E-state index in [1.54, 1.807) is 25.1 Å². The maximum absolute atomic E-state index is 13.2. The van der Waals surface area contributed by atoms with Crippen molar-refractivity contribution in [1.29, 1.82) is 0 Å². The van der Waals surface area contributed by atoms with Gasteiger partial charge in [-0.3, -0.25) is 4.79 Å². The number of carbonyl (C=O) groups is 1. The van der Waals surface area contributed by atoms with E-state index < -0.39 is 11.7 Å². The Balaban J connectivity index is 2.37. The van der Waals surface area contributed by atoms with Crippen molar-refractivity contribution >= 4 is 29.0 Å². The van der Waals surface area contributed by atoms with E-state index in [1.807, 2.05) is 0 Å². The van der Waals surface area contributed by atoms with Crippen LogP contribution in [0.15, 0.2) is 48.4 Å². The average Bonchev–Trinajstić information content (AvgIpc) is 2.45. The first kappa shape index (κ1) is 17.2. The highest BCUT2D eigenvalue weighted by atomic mass is 35.5. The minimum absolute atomic E-state index is 0.0310. The summed E-state index contributed by atoms with van der Waals surface area (Å²) < 4.78 is 18.6. The molecule has 0 aliphatic rings. The number of ether oxygens (including phenoxy) is 1. The fourth-order valence-corrected chi connectivity index (χ4v) is 2.23. The number of nitrogens with zero attached hydrogens (tertiary/aromatic N) is 2. The minimum atomic E-state index is -0.705. The zero-order valence-electron chi connectivity index (χ0n) is 12.4. The predicted molar refractivity (Wildman–Crippen MR) is 87.4 cm³/mol. The van der Waals surface area contributed by atoms with Crippen LogP contribution in [0.2, 0.25) is 10.0 Å². The zero-order valence-corrected chi connectivity index (χ0v) is 13.9. The number of pyridine rings is 1. The molecule has 0 unspecified atom stereocenters. The van der Waals surface area contributed by atoms with E-state index in [0.717, 1.165) is 0 Å². The molecule has 120 valence electrons. The molecule has 0 fully saturated rings. The lowest BCUT2D eigenvalue weighted by molar-refractivity contribution is 0.0980. The molecule has 1 aromatic heterocycles. The topological polar surface area (TPSA) is 42.4 Å². The van der Waals surface area contributed by atoms with E-state index in [-0.39, 0.29) is 22.2 Å². The van der Waals surface area contributed by atoms with Crippen LogP contribution in [0.4, 0.5) is 4.39 Å². The Morgan fingerprint density at radius 3 is 2.61 bits per heavy atom. The molecular weight excluding hydrogens is 342 g/mol. The van der Waals surface area contributed by atoms with Gasteiger partial charge in [0, 0.05) is 36.9 Å². The molecule has 4 nitrogen and oxygen atoms in total. The van der Waals surface area contributed by atoms with E-state index in [2.05, 4.69) is 4.98 Å². The van der Waals surface area contributed by atoms with Crippen molar-refractivity contribution in [3.05, 3.63) is 69.9 Å². The molecule has 0 N–H and O–H groups in total. The number of hydrogen-bond acceptors (Lipinski definition) is 4. The number of carbonyl (C=O) groups excluding carboxylic acids is 1. The van der Waals surface area contributed by atoms with Crippen LogP contribution in [0.25, 0.3) is 0 Å². The normalized spacial score (nSPS) is 11.3. The summed E-state index contributed by atoms with van der Waals surface area (Å²) in [7, 11) is 3.44. The Labute approximate surface area is 143 Å². The number of benzene rings is 1. The van der Waals surface area contributed by atoms with Crippen LogP contribution in [0, 0.1) is 5.95 Å². The Morgan fingerprint density at radius 2 is 2.00 bits per heavy atom. The second kappa shape index (κ2) is 7.44. The Hall–Kier alpha value is -2.11. The van der Waals surface area contributed by atoms with E-state index in [0.29, 0.717) is 5.02 Å². The molecule has 1 aromatic carbocycles. The van der Waals surface area contributed by atoms with Crippen LogP contribution in [-0.2, 0) is 0 Å². The highest BCUT2D eigenvalue weighted by Gasteiger charge is 2.19. The predicted octanol–water partition coefficient (Wildman–Crippen LogP) is 4.19. The lowest BCUT2D eigenvalue weighted by Crippen LogP contribution is -2.15. The van der Waals surface area contributed by atoms with Crippen molar-refractivity contribution in [2.24, 2.45) is 0 Å². The summed E-state index contributed by atoms with van der Waals surface area (Å²) in [4.78, 5) is 17.8. The van der Waals surface area contributed by atoms with Gasteiger partial charge in [0.1, 0.15) is 0 Å². The van der Waals surface area contributed by atoms with Crippen molar-refractivity contribution in [1.82, 2.24) is 9.88 Å². The number of halogens is 3. The van der Waals surface area contributed by atoms with Crippen LogP contribution in [0.1, 0.15) is 10.4 Å². The summed E-state index contributed by atoms with van der Waals surface area (Å²) in [6, 6.07) is 8.57. The van der Waals surface area contributed by atoms with Crippen molar-refractivity contribution < 1.29 is 13.9 Å². The molecule has 0 saturated heterocycles. The standard InChI is InChI=1S/C16H13Cl2FN2O2/c1-21(2)9-13(23-15-5-3-4-14(19)20-15)16(22)11-7-6-10(17)8-12(11)18/h3-9H,1-2H3/b13-9+. The second-order valence-corrected chi connectivity index (χ2v) is 5.65. The van der Waals surface area contributed by atoms with Gasteiger partial charge in [0.05, 0.1) is 5.02 Å². The van der Waals surface area contributed by atoms with E-state index in [9.17, 15) is 9.18 Å². The molecule has 2 aromatic rings. The summed E-state index contributed by atoms with van der Waals surface area (Å²) >= 11 is 11.9. The van der Waals surface area contributed by atoms with Gasteiger partial charge in [-0.1, -0.05) is 29.3 Å². The summed E-state index contributed by atoms with van der Waals surface area (Å²) in [5, 5.41) is 0.611. The van der Waals surface area contributed by atoms with Gasteiger partial charge in [0.15, 0.2) is 5.76 Å². The lowest BCUT2D eigenvalue weighted by Gasteiger charge is -2.13. The molecule has 0 amide bonds. The van der Waals surface area contributed by atoms with Crippen molar-refractivity contribution in [3.63, 3.8) is 0 Å². The Morgan fingerprint density at radius 1 is 1.26 bits per heavy atom. The summed E-state index contributed by atoms with van der Waals surface area (Å²) in [6.07, 6.45) is 1.46. The number of allylic oxidation sites excluding steroid dienone is 1. The highest BCUT2D eigenvalue weighted by Crippen LogP contribution is 2.24. The average molecular weight is 355 g/mol. The van der Waals surface area contributed by atoms with Gasteiger partial charge in [-0.2, -0.15) is 9.37 Å². The van der Waals surface area contributed by atoms with Crippen molar-refractivity contribution in [3.8, 4) is 5.88 Å². The molecule has 0 saturated carbocycles. The van der Waals surface area contributed by atoms with Crippen LogP contribution in [-0.4, -0.2) is 29.8 Å².